The normalized spacial score (nSPS) is 14.1. The van der Waals surface area contributed by atoms with Crippen molar-refractivity contribution < 1.29 is 9.32 Å². The van der Waals surface area contributed by atoms with Crippen LogP contribution in [0.4, 0.5) is 0 Å². The van der Waals surface area contributed by atoms with E-state index in [1.54, 1.807) is 11.1 Å². The van der Waals surface area contributed by atoms with E-state index in [4.69, 9.17) is 4.52 Å². The van der Waals surface area contributed by atoms with Gasteiger partial charge in [-0.05, 0) is 24.3 Å². The van der Waals surface area contributed by atoms with Crippen molar-refractivity contribution in [2.75, 3.05) is 13.1 Å². The summed E-state index contributed by atoms with van der Waals surface area (Å²) in [6.07, 6.45) is 3.16. The van der Waals surface area contributed by atoms with Gasteiger partial charge in [-0.1, -0.05) is 29.4 Å². The summed E-state index contributed by atoms with van der Waals surface area (Å²) in [6, 6.07) is 15.0. The molecular formula is C19H15N7O2. The molecule has 28 heavy (non-hydrogen) atoms. The van der Waals surface area contributed by atoms with Crippen LogP contribution >= 0.6 is 0 Å². The maximum absolute atomic E-state index is 12.6. The molecule has 0 bridgehead atoms. The molecule has 9 heteroatoms. The van der Waals surface area contributed by atoms with Crippen LogP contribution in [0.1, 0.15) is 22.3 Å². The monoisotopic (exact) mass is 373 g/mol. The number of nitrogens with zero attached hydrogens (tertiary/aromatic N) is 7. The van der Waals surface area contributed by atoms with Crippen LogP contribution in [0.25, 0.3) is 17.2 Å². The van der Waals surface area contributed by atoms with Gasteiger partial charge in [0.05, 0.1) is 17.8 Å². The van der Waals surface area contributed by atoms with Gasteiger partial charge in [-0.25, -0.2) is 0 Å². The maximum atomic E-state index is 12.6. The third-order valence-corrected chi connectivity index (χ3v) is 4.55. The fourth-order valence-electron chi connectivity index (χ4n) is 3.01. The molecule has 3 aromatic heterocycles. The van der Waals surface area contributed by atoms with Crippen LogP contribution < -0.4 is 0 Å². The van der Waals surface area contributed by atoms with E-state index in [1.165, 1.54) is 11.0 Å². The zero-order valence-electron chi connectivity index (χ0n) is 14.7. The number of carbonyl (C=O) groups excluding carboxylic acids is 1. The lowest BCUT2D eigenvalue weighted by molar-refractivity contribution is 0.0562. The number of carbonyl (C=O) groups is 1. The standard InChI is InChI=1S/C19H15N7O2/c27-19(16-10-21-26(23-16)14-6-2-1-3-7-14)25-11-13(12-25)18-22-17(24-28-18)15-8-4-5-9-20-15/h1-10,13H,11-12H2. The number of benzene rings is 1. The van der Waals surface area contributed by atoms with Crippen molar-refractivity contribution in [2.45, 2.75) is 5.92 Å². The molecule has 0 aliphatic carbocycles. The highest BCUT2D eigenvalue weighted by atomic mass is 16.5. The van der Waals surface area contributed by atoms with Gasteiger partial charge in [0.1, 0.15) is 5.69 Å². The number of hydrogen-bond donors (Lipinski definition) is 0. The molecule has 0 N–H and O–H groups in total. The van der Waals surface area contributed by atoms with Gasteiger partial charge >= 0.3 is 0 Å². The van der Waals surface area contributed by atoms with Crippen LogP contribution in [0.15, 0.2) is 65.4 Å². The quantitative estimate of drug-likeness (QED) is 0.539. The molecule has 1 saturated heterocycles. The average molecular weight is 373 g/mol. The molecule has 0 spiro atoms. The number of pyridine rings is 1. The number of hydrogen-bond acceptors (Lipinski definition) is 7. The molecule has 0 atom stereocenters. The molecule has 138 valence electrons. The van der Waals surface area contributed by atoms with E-state index in [-0.39, 0.29) is 11.8 Å². The first-order valence-electron chi connectivity index (χ1n) is 8.80. The first-order chi connectivity index (χ1) is 13.8. The fourth-order valence-corrected chi connectivity index (χ4v) is 3.01. The molecule has 1 aromatic carbocycles. The van der Waals surface area contributed by atoms with Gasteiger partial charge in [-0.2, -0.15) is 14.9 Å². The lowest BCUT2D eigenvalue weighted by Crippen LogP contribution is -2.48. The minimum atomic E-state index is -0.164. The van der Waals surface area contributed by atoms with E-state index < -0.39 is 0 Å². The number of rotatable bonds is 4. The van der Waals surface area contributed by atoms with E-state index >= 15 is 0 Å². The second-order valence-corrected chi connectivity index (χ2v) is 6.43. The molecule has 1 aliphatic rings. The smallest absolute Gasteiger partial charge is 0.276 e. The molecule has 4 heterocycles. The van der Waals surface area contributed by atoms with E-state index in [2.05, 4.69) is 25.3 Å². The van der Waals surface area contributed by atoms with Crippen molar-refractivity contribution in [2.24, 2.45) is 0 Å². The summed E-state index contributed by atoms with van der Waals surface area (Å²) in [7, 11) is 0. The predicted octanol–water partition coefficient (Wildman–Crippen LogP) is 1.95. The van der Waals surface area contributed by atoms with Crippen molar-refractivity contribution in [1.29, 1.82) is 0 Å². The summed E-state index contributed by atoms with van der Waals surface area (Å²) < 4.78 is 5.35. The van der Waals surface area contributed by atoms with Crippen LogP contribution in [-0.2, 0) is 0 Å². The molecule has 9 nitrogen and oxygen atoms in total. The first-order valence-corrected chi connectivity index (χ1v) is 8.80. The van der Waals surface area contributed by atoms with Crippen molar-refractivity contribution in [3.8, 4) is 17.2 Å². The van der Waals surface area contributed by atoms with Gasteiger partial charge in [0, 0.05) is 19.3 Å². The molecule has 4 aromatic rings. The van der Waals surface area contributed by atoms with Gasteiger partial charge in [-0.15, -0.1) is 5.10 Å². The molecule has 1 fully saturated rings. The van der Waals surface area contributed by atoms with Crippen molar-refractivity contribution >= 4 is 5.91 Å². The van der Waals surface area contributed by atoms with Crippen LogP contribution in [0, 0.1) is 0 Å². The lowest BCUT2D eigenvalue weighted by atomic mass is 10.00. The second-order valence-electron chi connectivity index (χ2n) is 6.43. The number of aromatic nitrogens is 6. The average Bonchev–Trinajstić information content (AvgIpc) is 3.38. The third kappa shape index (κ3) is 2.92. The van der Waals surface area contributed by atoms with Gasteiger partial charge in [0.25, 0.3) is 5.91 Å². The Labute approximate surface area is 159 Å². The Bertz CT molecular complexity index is 1100. The first kappa shape index (κ1) is 16.3. The molecule has 0 radical (unpaired) electrons. The number of likely N-dealkylation sites (tertiary alicyclic amines) is 1. The van der Waals surface area contributed by atoms with Crippen molar-refractivity contribution in [1.82, 2.24) is 35.0 Å². The third-order valence-electron chi connectivity index (χ3n) is 4.55. The topological polar surface area (TPSA) is 103 Å². The summed E-state index contributed by atoms with van der Waals surface area (Å²) in [6.45, 7) is 1.00. The Kier molecular flexibility index (Phi) is 3.90. The molecule has 0 saturated carbocycles. The van der Waals surface area contributed by atoms with Gasteiger partial charge in [0.2, 0.25) is 11.7 Å². The Morgan fingerprint density at radius 2 is 1.89 bits per heavy atom. The predicted molar refractivity (Wildman–Crippen MR) is 97.5 cm³/mol. The Morgan fingerprint density at radius 1 is 1.07 bits per heavy atom. The zero-order chi connectivity index (χ0) is 18.9. The maximum Gasteiger partial charge on any atom is 0.276 e. The summed E-state index contributed by atoms with van der Waals surface area (Å²) in [5.74, 6) is 0.810. The molecular weight excluding hydrogens is 358 g/mol. The molecule has 1 aliphatic heterocycles. The second kappa shape index (κ2) is 6.69. The van der Waals surface area contributed by atoms with Crippen molar-refractivity contribution in [3.05, 3.63) is 72.5 Å². The molecule has 1 amide bonds. The Morgan fingerprint density at radius 3 is 2.68 bits per heavy atom. The van der Waals surface area contributed by atoms with Crippen molar-refractivity contribution in [3.63, 3.8) is 0 Å². The highest BCUT2D eigenvalue weighted by Crippen LogP contribution is 2.28. The van der Waals surface area contributed by atoms with Crippen LogP contribution in [0.5, 0.6) is 0 Å². The fraction of sp³-hybridized carbons (Fsp3) is 0.158. The van der Waals surface area contributed by atoms with E-state index in [0.717, 1.165) is 5.69 Å². The molecule has 0 unspecified atom stereocenters. The van der Waals surface area contributed by atoms with E-state index in [9.17, 15) is 4.79 Å². The van der Waals surface area contributed by atoms with E-state index in [0.29, 0.717) is 36.2 Å². The summed E-state index contributed by atoms with van der Waals surface area (Å²) in [4.78, 5) is 24.4. The number of amides is 1. The Hall–Kier alpha value is -3.88. The summed E-state index contributed by atoms with van der Waals surface area (Å²) in [5, 5.41) is 12.4. The van der Waals surface area contributed by atoms with Gasteiger partial charge in [-0.3, -0.25) is 9.78 Å². The molecule has 5 rings (SSSR count). The van der Waals surface area contributed by atoms with Crippen LogP contribution in [0.2, 0.25) is 0 Å². The lowest BCUT2D eigenvalue weighted by Gasteiger charge is -2.36. The van der Waals surface area contributed by atoms with Gasteiger partial charge < -0.3 is 9.42 Å². The Balaban J connectivity index is 1.24. The van der Waals surface area contributed by atoms with Crippen LogP contribution in [-0.4, -0.2) is 54.0 Å². The zero-order valence-corrected chi connectivity index (χ0v) is 14.7. The highest BCUT2D eigenvalue weighted by molar-refractivity contribution is 5.92. The van der Waals surface area contributed by atoms with E-state index in [1.807, 2.05) is 48.5 Å². The minimum absolute atomic E-state index is 0.0121. The summed E-state index contributed by atoms with van der Waals surface area (Å²) >= 11 is 0. The summed E-state index contributed by atoms with van der Waals surface area (Å²) in [5.41, 5.74) is 1.76. The largest absolute Gasteiger partial charge is 0.338 e. The van der Waals surface area contributed by atoms with Gasteiger partial charge in [0.15, 0.2) is 5.69 Å². The van der Waals surface area contributed by atoms with Crippen LogP contribution in [0.3, 0.4) is 0 Å². The highest BCUT2D eigenvalue weighted by Gasteiger charge is 2.37. The minimum Gasteiger partial charge on any atom is -0.338 e. The SMILES string of the molecule is O=C(c1cnn(-c2ccccc2)n1)N1CC(c2nc(-c3ccccn3)no2)C1. The number of para-hydroxylation sites is 1.